The Balaban J connectivity index is 1.04. The van der Waals surface area contributed by atoms with Gasteiger partial charge in [0.2, 0.25) is 17.8 Å². The number of methoxy groups -OCH3 is 2. The Hall–Kier alpha value is -6.60. The summed E-state index contributed by atoms with van der Waals surface area (Å²) in [5.41, 5.74) is 3.38. The molecule has 9 rings (SSSR count). The van der Waals surface area contributed by atoms with Gasteiger partial charge in [0.25, 0.3) is 0 Å². The van der Waals surface area contributed by atoms with Gasteiger partial charge in [-0.1, -0.05) is 27.7 Å². The number of nitrogens with one attached hydrogen (secondary N) is 4. The maximum Gasteiger partial charge on any atom is 0.407 e. The molecule has 4 saturated heterocycles. The Morgan fingerprint density at radius 1 is 0.623 bits per heavy atom. The molecular weight excluding hydrogens is 891 g/mol. The van der Waals surface area contributed by atoms with Crippen LogP contribution in [0.25, 0.3) is 22.1 Å². The number of aromatic nitrogens is 6. The predicted octanol–water partition coefficient (Wildman–Crippen LogP) is 7.67. The smallest absolute Gasteiger partial charge is 0.407 e. The molecule has 0 spiro atoms. The van der Waals surface area contributed by atoms with Crippen LogP contribution in [0.5, 0.6) is 0 Å². The van der Waals surface area contributed by atoms with Crippen LogP contribution in [0.2, 0.25) is 0 Å². The summed E-state index contributed by atoms with van der Waals surface area (Å²) >= 11 is 0. The lowest BCUT2D eigenvalue weighted by Gasteiger charge is -2.33. The molecule has 4 fully saturated rings. The maximum absolute atomic E-state index is 16.8. The number of fused-ring (bicyclic) bond motifs is 2. The molecule has 5 aromatic rings. The highest BCUT2D eigenvalue weighted by molar-refractivity contribution is 5.88. The normalized spacial score (nSPS) is 21.7. The van der Waals surface area contributed by atoms with Gasteiger partial charge in [0, 0.05) is 49.4 Å². The molecule has 7 heterocycles. The Kier molecular flexibility index (Phi) is 13.6. The average Bonchev–Trinajstić information content (AvgIpc) is 4.21. The molecule has 0 bridgehead atoms. The zero-order valence-corrected chi connectivity index (χ0v) is 40.1. The van der Waals surface area contributed by atoms with E-state index in [4.69, 9.17) is 29.4 Å². The van der Waals surface area contributed by atoms with Crippen molar-refractivity contribution >= 4 is 57.7 Å². The van der Waals surface area contributed by atoms with Crippen molar-refractivity contribution in [2.24, 2.45) is 11.8 Å². The van der Waals surface area contributed by atoms with Crippen LogP contribution in [0.15, 0.2) is 36.7 Å². The van der Waals surface area contributed by atoms with E-state index in [0.29, 0.717) is 95.3 Å². The van der Waals surface area contributed by atoms with Gasteiger partial charge in [0.05, 0.1) is 78.5 Å². The first kappa shape index (κ1) is 47.5. The standard InChI is InChI=1S/C49H62F2N12O6/c1-26(2)41(58-48(66)68-5)45(64)61-18-10-12-39(61)43-54-33-20-29(31(50)22-35(33)56-43)37-14-15-38(63(37)28-24-52-47(53-25-28)60-16-8-7-9-17-60)30-21-34-36(23-32(30)51)57-44(55-34)40-13-11-19-62(40)46(65)42(27(3)4)59-49(67)69-6/h20-27,37-42H,7-19H2,1-6H3,(H,54,56)(H,55,57)(H,58,66)(H,59,67)/t37-,38+,39-,40-,41?,42-/m0/s1. The molecule has 20 heteroatoms. The van der Waals surface area contributed by atoms with Crippen LogP contribution < -0.4 is 20.4 Å². The molecule has 0 aliphatic carbocycles. The average molecular weight is 953 g/mol. The van der Waals surface area contributed by atoms with Crippen molar-refractivity contribution in [2.45, 2.75) is 122 Å². The third kappa shape index (κ3) is 9.33. The van der Waals surface area contributed by atoms with Crippen molar-refractivity contribution in [3.8, 4) is 0 Å². The minimum Gasteiger partial charge on any atom is -0.453 e. The molecule has 4 aliphatic rings. The fraction of sp³-hybridized carbons (Fsp3) is 0.551. The monoisotopic (exact) mass is 952 g/mol. The van der Waals surface area contributed by atoms with Gasteiger partial charge >= 0.3 is 12.2 Å². The molecule has 0 radical (unpaired) electrons. The molecule has 6 atom stereocenters. The quantitative estimate of drug-likeness (QED) is 0.0951. The largest absolute Gasteiger partial charge is 0.453 e. The van der Waals surface area contributed by atoms with E-state index in [2.05, 4.69) is 25.5 Å². The van der Waals surface area contributed by atoms with Crippen LogP contribution in [0.4, 0.5) is 30.0 Å². The number of benzene rings is 2. The van der Waals surface area contributed by atoms with Gasteiger partial charge in [-0.3, -0.25) is 9.59 Å². The van der Waals surface area contributed by atoms with E-state index in [0.717, 1.165) is 45.2 Å². The van der Waals surface area contributed by atoms with E-state index in [1.807, 2.05) is 32.6 Å². The molecular formula is C49H62F2N12O6. The number of carbonyl (C=O) groups excluding carboxylic acids is 4. The highest BCUT2D eigenvalue weighted by atomic mass is 19.1. The molecule has 18 nitrogen and oxygen atoms in total. The number of piperidine rings is 1. The van der Waals surface area contributed by atoms with Crippen LogP contribution in [-0.2, 0) is 19.1 Å². The van der Waals surface area contributed by atoms with Gasteiger partial charge in [0.1, 0.15) is 35.4 Å². The number of hydrogen-bond donors (Lipinski definition) is 4. The Labute approximate surface area is 399 Å². The van der Waals surface area contributed by atoms with Crippen molar-refractivity contribution in [1.29, 1.82) is 0 Å². The van der Waals surface area contributed by atoms with Gasteiger partial charge in [-0.25, -0.2) is 38.3 Å². The Morgan fingerprint density at radius 3 is 1.49 bits per heavy atom. The van der Waals surface area contributed by atoms with Crippen molar-refractivity contribution in [3.63, 3.8) is 0 Å². The zero-order valence-electron chi connectivity index (χ0n) is 40.1. The van der Waals surface area contributed by atoms with E-state index in [1.165, 1.54) is 26.4 Å². The summed E-state index contributed by atoms with van der Waals surface area (Å²) in [5, 5.41) is 5.36. The summed E-state index contributed by atoms with van der Waals surface area (Å²) in [5.74, 6) is -0.202. The van der Waals surface area contributed by atoms with E-state index < -0.39 is 60.1 Å². The van der Waals surface area contributed by atoms with Crippen LogP contribution in [0.1, 0.15) is 132 Å². The number of carbonyl (C=O) groups is 4. The van der Waals surface area contributed by atoms with Gasteiger partial charge in [-0.2, -0.15) is 0 Å². The van der Waals surface area contributed by atoms with E-state index >= 15 is 8.78 Å². The molecule has 4 aliphatic heterocycles. The fourth-order valence-electron chi connectivity index (χ4n) is 10.8. The summed E-state index contributed by atoms with van der Waals surface area (Å²) in [4.78, 5) is 85.8. The molecule has 3 aromatic heterocycles. The lowest BCUT2D eigenvalue weighted by Crippen LogP contribution is -2.51. The predicted molar refractivity (Wildman–Crippen MR) is 253 cm³/mol. The second kappa shape index (κ2) is 19.8. The van der Waals surface area contributed by atoms with Crippen LogP contribution in [0, 0.1) is 23.5 Å². The fourth-order valence-corrected chi connectivity index (χ4v) is 10.8. The number of rotatable bonds is 12. The number of imidazole rings is 2. The maximum atomic E-state index is 16.8. The lowest BCUT2D eigenvalue weighted by molar-refractivity contribution is -0.136. The zero-order chi connectivity index (χ0) is 48.7. The first-order chi connectivity index (χ1) is 33.2. The second-order valence-electron chi connectivity index (χ2n) is 19.4. The molecule has 2 aromatic carbocycles. The van der Waals surface area contributed by atoms with Gasteiger partial charge in [-0.05, 0) is 81.8 Å². The van der Waals surface area contributed by atoms with Crippen molar-refractivity contribution in [3.05, 3.63) is 71.1 Å². The molecule has 69 heavy (non-hydrogen) atoms. The van der Waals surface area contributed by atoms with E-state index in [9.17, 15) is 19.2 Å². The number of H-pyrrole nitrogens is 2. The minimum absolute atomic E-state index is 0.205. The lowest BCUT2D eigenvalue weighted by atomic mass is 10.0. The van der Waals surface area contributed by atoms with Crippen molar-refractivity contribution in [1.82, 2.24) is 50.3 Å². The van der Waals surface area contributed by atoms with Crippen LogP contribution >= 0.6 is 0 Å². The first-order valence-electron chi connectivity index (χ1n) is 24.3. The van der Waals surface area contributed by atoms with E-state index in [1.54, 1.807) is 34.3 Å². The van der Waals surface area contributed by atoms with Gasteiger partial charge in [-0.15, -0.1) is 0 Å². The Morgan fingerprint density at radius 2 is 1.07 bits per heavy atom. The van der Waals surface area contributed by atoms with Crippen molar-refractivity contribution < 1.29 is 37.4 Å². The van der Waals surface area contributed by atoms with Gasteiger partial charge < -0.3 is 49.7 Å². The molecule has 1 unspecified atom stereocenters. The number of anilines is 2. The van der Waals surface area contributed by atoms with Crippen LogP contribution in [-0.4, -0.2) is 116 Å². The summed E-state index contributed by atoms with van der Waals surface area (Å²) in [6.07, 6.45) is 9.02. The number of amides is 4. The summed E-state index contributed by atoms with van der Waals surface area (Å²) in [6.45, 7) is 10.1. The summed E-state index contributed by atoms with van der Waals surface area (Å²) in [6, 6.07) is 2.78. The second-order valence-corrected chi connectivity index (χ2v) is 19.4. The number of aromatic amines is 2. The summed E-state index contributed by atoms with van der Waals surface area (Å²) in [7, 11) is 2.51. The number of nitrogens with zero attached hydrogens (tertiary/aromatic N) is 8. The van der Waals surface area contributed by atoms with Gasteiger partial charge in [0.15, 0.2) is 0 Å². The SMILES string of the molecule is COC(=O)NC(C(=O)N1CCC[C@H]1c1nc2cc(F)c([C@@H]3CC[C@H](c4cc5[nH]c([C@@H]6CCCN6C(=O)[C@@H](NC(=O)OC)C(C)C)nc5cc4F)N3c3cnc(N4CCCCC4)nc3)cc2[nH]1)C(C)C. The van der Waals surface area contributed by atoms with Crippen molar-refractivity contribution in [2.75, 3.05) is 50.2 Å². The molecule has 0 saturated carbocycles. The summed E-state index contributed by atoms with van der Waals surface area (Å²) < 4.78 is 43.1. The number of halogens is 2. The molecule has 4 N–H and O–H groups in total. The van der Waals surface area contributed by atoms with Crippen LogP contribution in [0.3, 0.4) is 0 Å². The molecule has 368 valence electrons. The number of hydrogen-bond acceptors (Lipinski definition) is 12. The highest BCUT2D eigenvalue weighted by Gasteiger charge is 2.42. The minimum atomic E-state index is -0.805. The Bertz CT molecular complexity index is 2550. The number of likely N-dealkylation sites (tertiary alicyclic amines) is 2. The van der Waals surface area contributed by atoms with E-state index in [-0.39, 0.29) is 23.7 Å². The molecule has 4 amide bonds. The third-order valence-electron chi connectivity index (χ3n) is 14.4. The third-order valence-corrected chi connectivity index (χ3v) is 14.4. The number of ether oxygens (including phenoxy) is 2. The first-order valence-corrected chi connectivity index (χ1v) is 24.3. The topological polar surface area (TPSA) is 207 Å². The highest BCUT2D eigenvalue weighted by Crippen LogP contribution is 2.49. The number of alkyl carbamates (subject to hydrolysis) is 2.